The number of anilines is 1. The number of hydrogen-bond acceptors (Lipinski definition) is 4. The molecular weight excluding hydrogens is 286 g/mol. The zero-order valence-electron chi connectivity index (χ0n) is 14.1. The van der Waals surface area contributed by atoms with Gasteiger partial charge in [0.25, 0.3) is 0 Å². The van der Waals surface area contributed by atoms with Gasteiger partial charge in [-0.1, -0.05) is 30.3 Å². The predicted octanol–water partition coefficient (Wildman–Crippen LogP) is 2.78. The maximum absolute atomic E-state index is 6.10. The maximum Gasteiger partial charge on any atom is 0.123 e. The van der Waals surface area contributed by atoms with E-state index >= 15 is 0 Å². The monoisotopic (exact) mass is 311 g/mol. The summed E-state index contributed by atoms with van der Waals surface area (Å²) < 4.78 is 5.50. The topological polar surface area (TPSA) is 41.7 Å². The smallest absolute Gasteiger partial charge is 0.123 e. The third kappa shape index (κ3) is 2.92. The molecule has 0 saturated carbocycles. The van der Waals surface area contributed by atoms with E-state index in [0.29, 0.717) is 6.54 Å². The van der Waals surface area contributed by atoms with Crippen molar-refractivity contribution in [3.8, 4) is 5.75 Å². The van der Waals surface area contributed by atoms with Crippen molar-refractivity contribution >= 4 is 5.69 Å². The van der Waals surface area contributed by atoms with Crippen molar-refractivity contribution in [2.24, 2.45) is 5.73 Å². The molecule has 4 nitrogen and oxygen atoms in total. The van der Waals surface area contributed by atoms with Gasteiger partial charge in [-0.2, -0.15) is 0 Å². The van der Waals surface area contributed by atoms with E-state index in [1.165, 1.54) is 22.4 Å². The first-order chi connectivity index (χ1) is 11.2. The van der Waals surface area contributed by atoms with E-state index < -0.39 is 0 Å². The summed E-state index contributed by atoms with van der Waals surface area (Å²) in [5, 5.41) is 0. The zero-order valence-corrected chi connectivity index (χ0v) is 14.1. The molecule has 1 unspecified atom stereocenters. The van der Waals surface area contributed by atoms with Crippen LogP contribution in [0.15, 0.2) is 42.5 Å². The number of para-hydroxylation sites is 1. The lowest BCUT2D eigenvalue weighted by atomic mass is 10.0. The molecule has 1 heterocycles. The van der Waals surface area contributed by atoms with Crippen LogP contribution in [0.4, 0.5) is 5.69 Å². The van der Waals surface area contributed by atoms with Gasteiger partial charge in [-0.05, 0) is 23.3 Å². The molecule has 0 amide bonds. The van der Waals surface area contributed by atoms with E-state index in [4.69, 9.17) is 10.5 Å². The molecule has 1 atom stereocenters. The largest absolute Gasteiger partial charge is 0.496 e. The van der Waals surface area contributed by atoms with Gasteiger partial charge in [0, 0.05) is 51.0 Å². The number of methoxy groups -OCH3 is 1. The fourth-order valence-electron chi connectivity index (χ4n) is 3.50. The molecule has 0 spiro atoms. The molecule has 1 aliphatic heterocycles. The minimum Gasteiger partial charge on any atom is -0.496 e. The maximum atomic E-state index is 6.10. The van der Waals surface area contributed by atoms with Crippen molar-refractivity contribution in [2.75, 3.05) is 32.6 Å². The summed E-state index contributed by atoms with van der Waals surface area (Å²) >= 11 is 0. The number of nitrogens with zero attached hydrogens (tertiary/aromatic N) is 2. The number of fused-ring (bicyclic) bond motifs is 1. The van der Waals surface area contributed by atoms with Crippen molar-refractivity contribution in [3.63, 3.8) is 0 Å². The van der Waals surface area contributed by atoms with Crippen LogP contribution < -0.4 is 15.4 Å². The van der Waals surface area contributed by atoms with Crippen LogP contribution in [0.5, 0.6) is 5.75 Å². The van der Waals surface area contributed by atoms with Crippen molar-refractivity contribution < 1.29 is 4.74 Å². The van der Waals surface area contributed by atoms with E-state index in [1.807, 2.05) is 12.1 Å². The van der Waals surface area contributed by atoms with E-state index in [9.17, 15) is 0 Å². The van der Waals surface area contributed by atoms with Gasteiger partial charge in [-0.15, -0.1) is 0 Å². The number of benzene rings is 2. The molecule has 122 valence electrons. The highest BCUT2D eigenvalue weighted by Gasteiger charge is 2.31. The van der Waals surface area contributed by atoms with E-state index in [1.54, 1.807) is 7.11 Å². The average molecular weight is 311 g/mol. The Hall–Kier alpha value is -2.04. The Morgan fingerprint density at radius 2 is 1.96 bits per heavy atom. The highest BCUT2D eigenvalue weighted by Crippen LogP contribution is 2.39. The standard InChI is InChI=1S/C19H25N3O/c1-21(2)17-9-6-8-15-16(17)13-22(18(15)11-20)12-14-7-4-5-10-19(14)23-3/h4-10,18H,11-13,20H2,1-3H3. The minimum atomic E-state index is 0.259. The molecule has 4 heteroatoms. The minimum absolute atomic E-state index is 0.259. The molecule has 0 fully saturated rings. The van der Waals surface area contributed by atoms with Crippen molar-refractivity contribution in [3.05, 3.63) is 59.2 Å². The Morgan fingerprint density at radius 1 is 1.17 bits per heavy atom. The molecule has 0 aliphatic carbocycles. The first-order valence-electron chi connectivity index (χ1n) is 8.00. The molecule has 3 rings (SSSR count). The lowest BCUT2D eigenvalue weighted by Gasteiger charge is -2.24. The Labute approximate surface area is 138 Å². The Bertz CT molecular complexity index is 684. The van der Waals surface area contributed by atoms with Crippen LogP contribution in [0.25, 0.3) is 0 Å². The summed E-state index contributed by atoms with van der Waals surface area (Å²) in [4.78, 5) is 4.62. The van der Waals surface area contributed by atoms with Crippen LogP contribution in [0.1, 0.15) is 22.7 Å². The fourth-order valence-corrected chi connectivity index (χ4v) is 3.50. The third-order valence-corrected chi connectivity index (χ3v) is 4.62. The molecule has 1 aliphatic rings. The quantitative estimate of drug-likeness (QED) is 0.922. The molecule has 2 N–H and O–H groups in total. The lowest BCUT2D eigenvalue weighted by Crippen LogP contribution is -2.27. The first kappa shape index (κ1) is 15.8. The van der Waals surface area contributed by atoms with Crippen LogP contribution >= 0.6 is 0 Å². The molecule has 0 radical (unpaired) electrons. The van der Waals surface area contributed by atoms with Gasteiger partial charge >= 0.3 is 0 Å². The summed E-state index contributed by atoms with van der Waals surface area (Å²) in [7, 11) is 5.91. The molecule has 23 heavy (non-hydrogen) atoms. The Morgan fingerprint density at radius 3 is 2.65 bits per heavy atom. The normalized spacial score (nSPS) is 17.1. The van der Waals surface area contributed by atoms with Gasteiger partial charge in [0.2, 0.25) is 0 Å². The predicted molar refractivity (Wildman–Crippen MR) is 94.8 cm³/mol. The summed E-state index contributed by atoms with van der Waals surface area (Å²) in [5.41, 5.74) is 11.3. The summed E-state index contributed by atoms with van der Waals surface area (Å²) in [6.45, 7) is 2.38. The van der Waals surface area contributed by atoms with Gasteiger partial charge in [0.1, 0.15) is 5.75 Å². The SMILES string of the molecule is COc1ccccc1CN1Cc2c(cccc2N(C)C)C1CN. The Kier molecular flexibility index (Phi) is 4.55. The number of rotatable bonds is 5. The number of hydrogen-bond donors (Lipinski definition) is 1. The second-order valence-electron chi connectivity index (χ2n) is 6.21. The molecular formula is C19H25N3O. The average Bonchev–Trinajstić information content (AvgIpc) is 2.92. The van der Waals surface area contributed by atoms with E-state index in [2.05, 4.69) is 54.2 Å². The van der Waals surface area contributed by atoms with Gasteiger partial charge in [0.05, 0.1) is 7.11 Å². The van der Waals surface area contributed by atoms with Gasteiger partial charge in [-0.3, -0.25) is 4.90 Å². The molecule has 2 aromatic carbocycles. The zero-order chi connectivity index (χ0) is 16.4. The van der Waals surface area contributed by atoms with Gasteiger partial charge in [-0.25, -0.2) is 0 Å². The van der Waals surface area contributed by atoms with Crippen molar-refractivity contribution in [1.82, 2.24) is 4.90 Å². The molecule has 0 saturated heterocycles. The van der Waals surface area contributed by atoms with Gasteiger partial charge < -0.3 is 15.4 Å². The molecule has 2 aromatic rings. The van der Waals surface area contributed by atoms with Crippen LogP contribution in [0, 0.1) is 0 Å². The highest BCUT2D eigenvalue weighted by atomic mass is 16.5. The van der Waals surface area contributed by atoms with Crippen LogP contribution in [-0.4, -0.2) is 32.6 Å². The second kappa shape index (κ2) is 6.60. The molecule has 0 aromatic heterocycles. The Balaban J connectivity index is 1.92. The number of ether oxygens (including phenoxy) is 1. The molecule has 0 bridgehead atoms. The van der Waals surface area contributed by atoms with Gasteiger partial charge in [0.15, 0.2) is 0 Å². The first-order valence-corrected chi connectivity index (χ1v) is 8.00. The van der Waals surface area contributed by atoms with E-state index in [0.717, 1.165) is 18.8 Å². The summed E-state index contributed by atoms with van der Waals surface area (Å²) in [6.07, 6.45) is 0. The van der Waals surface area contributed by atoms with Crippen molar-refractivity contribution in [1.29, 1.82) is 0 Å². The third-order valence-electron chi connectivity index (χ3n) is 4.62. The lowest BCUT2D eigenvalue weighted by molar-refractivity contribution is 0.208. The fraction of sp³-hybridized carbons (Fsp3) is 0.368. The highest BCUT2D eigenvalue weighted by molar-refractivity contribution is 5.58. The van der Waals surface area contributed by atoms with Crippen LogP contribution in [-0.2, 0) is 13.1 Å². The summed E-state index contributed by atoms with van der Waals surface area (Å²) in [6, 6.07) is 15.0. The van der Waals surface area contributed by atoms with Crippen LogP contribution in [0.2, 0.25) is 0 Å². The second-order valence-corrected chi connectivity index (χ2v) is 6.21. The summed E-state index contributed by atoms with van der Waals surface area (Å²) in [5.74, 6) is 0.937. The van der Waals surface area contributed by atoms with Crippen molar-refractivity contribution in [2.45, 2.75) is 19.1 Å². The van der Waals surface area contributed by atoms with Crippen LogP contribution in [0.3, 0.4) is 0 Å². The number of nitrogens with two attached hydrogens (primary N) is 1. The van der Waals surface area contributed by atoms with E-state index in [-0.39, 0.29) is 6.04 Å².